The number of methoxy groups -OCH3 is 1. The first-order chi connectivity index (χ1) is 14.5. The second kappa shape index (κ2) is 8.86. The molecule has 1 heterocycles. The first kappa shape index (κ1) is 20.4. The van der Waals surface area contributed by atoms with Gasteiger partial charge in [0.1, 0.15) is 0 Å². The van der Waals surface area contributed by atoms with Gasteiger partial charge in [-0.3, -0.25) is 14.7 Å². The minimum Gasteiger partial charge on any atom is -0.481 e. The van der Waals surface area contributed by atoms with Gasteiger partial charge in [-0.05, 0) is 68.1 Å². The van der Waals surface area contributed by atoms with Crippen LogP contribution in [-0.2, 0) is 9.53 Å². The molecule has 6 nitrogen and oxygen atoms in total. The summed E-state index contributed by atoms with van der Waals surface area (Å²) in [5.74, 6) is 0.140. The third kappa shape index (κ3) is 4.64. The maximum Gasteiger partial charge on any atom is 0.414 e. The van der Waals surface area contributed by atoms with Crippen LogP contribution in [0.1, 0.15) is 56.4 Å². The van der Waals surface area contributed by atoms with Gasteiger partial charge in [0.2, 0.25) is 0 Å². The average molecular weight is 408 g/mol. The summed E-state index contributed by atoms with van der Waals surface area (Å²) in [6.45, 7) is 0. The molecular formula is C24H28N2O4. The van der Waals surface area contributed by atoms with E-state index in [4.69, 9.17) is 9.84 Å². The molecule has 1 aromatic heterocycles. The summed E-state index contributed by atoms with van der Waals surface area (Å²) >= 11 is 0. The Kier molecular flexibility index (Phi) is 6.02. The molecule has 2 aliphatic carbocycles. The molecule has 2 aliphatic rings. The van der Waals surface area contributed by atoms with E-state index in [0.717, 1.165) is 55.5 Å². The van der Waals surface area contributed by atoms with Gasteiger partial charge < -0.3 is 9.84 Å². The highest BCUT2D eigenvalue weighted by Gasteiger charge is 2.34. The Morgan fingerprint density at radius 2 is 1.73 bits per heavy atom. The summed E-state index contributed by atoms with van der Waals surface area (Å²) in [6, 6.07) is 12.6. The van der Waals surface area contributed by atoms with Crippen LogP contribution in [0.4, 0.5) is 10.5 Å². The molecule has 0 atom stereocenters. The Labute approximate surface area is 176 Å². The lowest BCUT2D eigenvalue weighted by Gasteiger charge is -2.28. The van der Waals surface area contributed by atoms with Crippen molar-refractivity contribution in [3.63, 3.8) is 0 Å². The number of rotatable bonds is 6. The normalized spacial score (nSPS) is 21.1. The van der Waals surface area contributed by atoms with Crippen LogP contribution < -0.4 is 4.90 Å². The van der Waals surface area contributed by atoms with Gasteiger partial charge in [-0.1, -0.05) is 24.3 Å². The van der Waals surface area contributed by atoms with Crippen LogP contribution in [0.5, 0.6) is 0 Å². The lowest BCUT2D eigenvalue weighted by atomic mass is 9.77. The number of carbonyl (C=O) groups is 2. The zero-order valence-corrected chi connectivity index (χ0v) is 17.3. The predicted molar refractivity (Wildman–Crippen MR) is 115 cm³/mol. The van der Waals surface area contributed by atoms with Crippen molar-refractivity contribution in [2.24, 2.45) is 5.92 Å². The minimum absolute atomic E-state index is 0.218. The first-order valence-corrected chi connectivity index (χ1v) is 10.7. The number of carbonyl (C=O) groups excluding carboxylic acids is 1. The molecule has 4 rings (SSSR count). The molecule has 0 unspecified atom stereocenters. The average Bonchev–Trinajstić information content (AvgIpc) is 3.60. The van der Waals surface area contributed by atoms with Crippen molar-refractivity contribution >= 4 is 17.7 Å². The van der Waals surface area contributed by atoms with E-state index in [1.165, 1.54) is 12.7 Å². The van der Waals surface area contributed by atoms with Crippen LogP contribution >= 0.6 is 0 Å². The van der Waals surface area contributed by atoms with E-state index in [0.29, 0.717) is 18.3 Å². The van der Waals surface area contributed by atoms with Crippen molar-refractivity contribution in [1.82, 2.24) is 4.98 Å². The number of nitrogens with zero attached hydrogens (tertiary/aromatic N) is 2. The number of anilines is 1. The van der Waals surface area contributed by atoms with E-state index >= 15 is 0 Å². The number of pyridine rings is 1. The van der Waals surface area contributed by atoms with Crippen molar-refractivity contribution in [1.29, 1.82) is 0 Å². The lowest BCUT2D eigenvalue weighted by Crippen LogP contribution is -2.32. The molecule has 6 heteroatoms. The van der Waals surface area contributed by atoms with Crippen LogP contribution in [0.3, 0.4) is 0 Å². The number of aliphatic carboxylic acids is 1. The number of aromatic nitrogens is 1. The van der Waals surface area contributed by atoms with E-state index in [2.05, 4.69) is 29.2 Å². The molecule has 30 heavy (non-hydrogen) atoms. The van der Waals surface area contributed by atoms with Gasteiger partial charge in [0.05, 0.1) is 24.7 Å². The van der Waals surface area contributed by atoms with E-state index in [1.807, 2.05) is 12.1 Å². The highest BCUT2D eigenvalue weighted by molar-refractivity contribution is 5.88. The van der Waals surface area contributed by atoms with Crippen LogP contribution in [0.2, 0.25) is 0 Å². The monoisotopic (exact) mass is 408 g/mol. The number of carboxylic acids is 1. The number of hydrogen-bond donors (Lipinski definition) is 1. The topological polar surface area (TPSA) is 79.7 Å². The quantitative estimate of drug-likeness (QED) is 0.708. The van der Waals surface area contributed by atoms with E-state index < -0.39 is 5.97 Å². The number of amides is 1. The van der Waals surface area contributed by atoms with Crippen LogP contribution in [-0.4, -0.2) is 35.3 Å². The summed E-state index contributed by atoms with van der Waals surface area (Å²) in [7, 11) is 1.40. The Morgan fingerprint density at radius 1 is 1.03 bits per heavy atom. The van der Waals surface area contributed by atoms with E-state index in [1.54, 1.807) is 11.1 Å². The summed E-state index contributed by atoms with van der Waals surface area (Å²) in [6.07, 6.45) is 7.76. The molecule has 0 bridgehead atoms. The second-order valence-electron chi connectivity index (χ2n) is 8.41. The first-order valence-electron chi connectivity index (χ1n) is 10.7. The largest absolute Gasteiger partial charge is 0.481 e. The third-order valence-electron chi connectivity index (χ3n) is 6.30. The van der Waals surface area contributed by atoms with Gasteiger partial charge in [0.25, 0.3) is 0 Å². The van der Waals surface area contributed by atoms with Gasteiger partial charge in [-0.2, -0.15) is 0 Å². The highest BCUT2D eigenvalue weighted by atomic mass is 16.5. The maximum absolute atomic E-state index is 12.1. The molecule has 158 valence electrons. The van der Waals surface area contributed by atoms with Gasteiger partial charge in [-0.25, -0.2) is 4.79 Å². The number of ether oxygens (including phenoxy) is 1. The molecule has 0 aliphatic heterocycles. The maximum atomic E-state index is 12.1. The molecule has 0 spiro atoms. The van der Waals surface area contributed by atoms with Gasteiger partial charge in [0, 0.05) is 18.0 Å². The zero-order chi connectivity index (χ0) is 21.1. The Morgan fingerprint density at radius 3 is 2.27 bits per heavy atom. The van der Waals surface area contributed by atoms with Crippen molar-refractivity contribution in [3.8, 4) is 11.3 Å². The van der Waals surface area contributed by atoms with Gasteiger partial charge in [-0.15, -0.1) is 0 Å². The van der Waals surface area contributed by atoms with Gasteiger partial charge in [0.15, 0.2) is 0 Å². The van der Waals surface area contributed by atoms with Crippen molar-refractivity contribution in [2.45, 2.75) is 56.9 Å². The Balaban J connectivity index is 1.41. The van der Waals surface area contributed by atoms with Crippen LogP contribution in [0, 0.1) is 5.92 Å². The molecule has 1 amide bonds. The SMILES string of the molecule is COC(=O)N(c1ccc(-c2ccc(C3CCC(CC(=O)O)CC3)cc2)nc1)C1CC1. The van der Waals surface area contributed by atoms with Gasteiger partial charge >= 0.3 is 12.1 Å². The summed E-state index contributed by atoms with van der Waals surface area (Å²) in [5, 5.41) is 8.97. The zero-order valence-electron chi connectivity index (χ0n) is 17.3. The second-order valence-corrected chi connectivity index (χ2v) is 8.41. The summed E-state index contributed by atoms with van der Waals surface area (Å²) < 4.78 is 4.91. The molecule has 0 saturated heterocycles. The van der Waals surface area contributed by atoms with Crippen LogP contribution in [0.25, 0.3) is 11.3 Å². The van der Waals surface area contributed by atoms with Crippen molar-refractivity contribution in [3.05, 3.63) is 48.2 Å². The third-order valence-corrected chi connectivity index (χ3v) is 6.30. The lowest BCUT2D eigenvalue weighted by molar-refractivity contribution is -0.138. The molecule has 2 aromatic rings. The Hall–Kier alpha value is -2.89. The van der Waals surface area contributed by atoms with E-state index in [9.17, 15) is 9.59 Å². The fraction of sp³-hybridized carbons (Fsp3) is 0.458. The molecule has 1 aromatic carbocycles. The highest BCUT2D eigenvalue weighted by Crippen LogP contribution is 2.38. The predicted octanol–water partition coefficient (Wildman–Crippen LogP) is 5.23. The minimum atomic E-state index is -0.687. The standard InChI is InChI=1S/C24H28N2O4/c1-30-24(29)26(20-10-11-20)21-12-13-22(25-15-21)19-8-6-18(7-9-19)17-4-2-16(3-5-17)14-23(27)28/h6-9,12-13,15-17,20H,2-5,10-11,14H2,1H3,(H,27,28). The Bertz CT molecular complexity index is 882. The molecule has 2 fully saturated rings. The smallest absolute Gasteiger partial charge is 0.414 e. The fourth-order valence-corrected chi connectivity index (χ4v) is 4.47. The van der Waals surface area contributed by atoms with Crippen LogP contribution in [0.15, 0.2) is 42.6 Å². The number of hydrogen-bond acceptors (Lipinski definition) is 4. The molecule has 2 saturated carbocycles. The van der Waals surface area contributed by atoms with E-state index in [-0.39, 0.29) is 12.1 Å². The molecular weight excluding hydrogens is 380 g/mol. The van der Waals surface area contributed by atoms with Crippen molar-refractivity contribution < 1.29 is 19.4 Å². The summed E-state index contributed by atoms with van der Waals surface area (Å²) in [5.41, 5.74) is 3.99. The fourth-order valence-electron chi connectivity index (χ4n) is 4.47. The van der Waals surface area contributed by atoms with Crippen molar-refractivity contribution in [2.75, 3.05) is 12.0 Å². The molecule has 1 N–H and O–H groups in total. The summed E-state index contributed by atoms with van der Waals surface area (Å²) in [4.78, 5) is 29.2. The number of carboxylic acid groups (broad SMARTS) is 1. The molecule has 0 radical (unpaired) electrons. The number of benzene rings is 1.